The van der Waals surface area contributed by atoms with Crippen molar-refractivity contribution in [1.82, 2.24) is 15.0 Å². The lowest BCUT2D eigenvalue weighted by Crippen LogP contribution is -1.99. The summed E-state index contributed by atoms with van der Waals surface area (Å²) in [6.07, 6.45) is 5.35. The van der Waals surface area contributed by atoms with E-state index in [2.05, 4.69) is 21.0 Å². The van der Waals surface area contributed by atoms with Crippen molar-refractivity contribution in [1.29, 1.82) is 5.26 Å². The molecule has 3 rings (SSSR count). The Labute approximate surface area is 130 Å². The van der Waals surface area contributed by atoms with E-state index in [4.69, 9.17) is 0 Å². The number of pyridine rings is 1. The SMILES string of the molecule is CSc1nc(-c2cccnc2)nc(-c2cccs2)c1C#N. The molecule has 0 spiro atoms. The van der Waals surface area contributed by atoms with Gasteiger partial charge in [-0.15, -0.1) is 23.1 Å². The van der Waals surface area contributed by atoms with Crippen LogP contribution in [-0.4, -0.2) is 21.2 Å². The predicted octanol–water partition coefficient (Wildman–Crippen LogP) is 3.86. The Bertz CT molecular complexity index is 793. The fourth-order valence-corrected chi connectivity index (χ4v) is 3.15. The smallest absolute Gasteiger partial charge is 0.162 e. The first-order chi connectivity index (χ1) is 10.3. The molecular weight excluding hydrogens is 300 g/mol. The van der Waals surface area contributed by atoms with Crippen molar-refractivity contribution in [2.45, 2.75) is 5.03 Å². The number of hydrogen-bond acceptors (Lipinski definition) is 6. The normalized spacial score (nSPS) is 10.3. The Morgan fingerprint density at radius 3 is 2.76 bits per heavy atom. The molecule has 4 nitrogen and oxygen atoms in total. The van der Waals surface area contributed by atoms with Crippen LogP contribution in [-0.2, 0) is 0 Å². The van der Waals surface area contributed by atoms with E-state index in [0.717, 1.165) is 10.4 Å². The quantitative estimate of drug-likeness (QED) is 0.543. The Balaban J connectivity index is 2.26. The highest BCUT2D eigenvalue weighted by molar-refractivity contribution is 7.98. The van der Waals surface area contributed by atoms with Crippen LogP contribution in [0.1, 0.15) is 5.56 Å². The van der Waals surface area contributed by atoms with E-state index in [0.29, 0.717) is 22.1 Å². The van der Waals surface area contributed by atoms with Crippen molar-refractivity contribution in [2.24, 2.45) is 0 Å². The summed E-state index contributed by atoms with van der Waals surface area (Å²) in [5.41, 5.74) is 2.05. The molecule has 0 unspecified atom stereocenters. The van der Waals surface area contributed by atoms with Crippen molar-refractivity contribution in [2.75, 3.05) is 6.26 Å². The van der Waals surface area contributed by atoms with E-state index in [1.807, 2.05) is 35.9 Å². The molecule has 21 heavy (non-hydrogen) atoms. The second-order valence-corrected chi connectivity index (χ2v) is 5.85. The molecule has 3 heterocycles. The average Bonchev–Trinajstić information content (AvgIpc) is 3.08. The molecule has 0 saturated carbocycles. The minimum absolute atomic E-state index is 0.526. The number of thiophene rings is 1. The van der Waals surface area contributed by atoms with E-state index >= 15 is 0 Å². The highest BCUT2D eigenvalue weighted by Gasteiger charge is 2.17. The molecule has 6 heteroatoms. The van der Waals surface area contributed by atoms with E-state index in [1.54, 1.807) is 23.7 Å². The number of nitrogens with zero attached hydrogens (tertiary/aromatic N) is 4. The Kier molecular flexibility index (Phi) is 3.95. The first kappa shape index (κ1) is 13.7. The average molecular weight is 310 g/mol. The monoisotopic (exact) mass is 310 g/mol. The molecule has 0 aliphatic rings. The van der Waals surface area contributed by atoms with Crippen LogP contribution in [0.3, 0.4) is 0 Å². The van der Waals surface area contributed by atoms with Crippen LogP contribution in [0, 0.1) is 11.3 Å². The van der Waals surface area contributed by atoms with Crippen LogP contribution < -0.4 is 0 Å². The summed E-state index contributed by atoms with van der Waals surface area (Å²) < 4.78 is 0. The molecule has 0 saturated heterocycles. The molecule has 0 fully saturated rings. The van der Waals surface area contributed by atoms with Gasteiger partial charge >= 0.3 is 0 Å². The lowest BCUT2D eigenvalue weighted by atomic mass is 10.2. The Morgan fingerprint density at radius 2 is 2.14 bits per heavy atom. The summed E-state index contributed by atoms with van der Waals surface area (Å²) in [5, 5.41) is 12.1. The molecule has 0 amide bonds. The van der Waals surface area contributed by atoms with Crippen molar-refractivity contribution in [3.05, 3.63) is 47.6 Å². The molecule has 0 N–H and O–H groups in total. The molecule has 0 atom stereocenters. The van der Waals surface area contributed by atoms with Gasteiger partial charge in [-0.05, 0) is 29.8 Å². The molecular formula is C15H10N4S2. The molecule has 0 radical (unpaired) electrons. The van der Waals surface area contributed by atoms with Gasteiger partial charge in [0.1, 0.15) is 22.4 Å². The second-order valence-electron chi connectivity index (χ2n) is 4.11. The van der Waals surface area contributed by atoms with Crippen LogP contribution in [0.2, 0.25) is 0 Å². The van der Waals surface area contributed by atoms with E-state index < -0.39 is 0 Å². The molecule has 3 aromatic heterocycles. The fraction of sp³-hybridized carbons (Fsp3) is 0.0667. The van der Waals surface area contributed by atoms with Gasteiger partial charge in [-0.2, -0.15) is 5.26 Å². The van der Waals surface area contributed by atoms with Crippen LogP contribution in [0.4, 0.5) is 0 Å². The number of thioether (sulfide) groups is 1. The maximum atomic E-state index is 9.44. The number of hydrogen-bond donors (Lipinski definition) is 0. The largest absolute Gasteiger partial charge is 0.264 e. The van der Waals surface area contributed by atoms with Gasteiger partial charge in [-0.25, -0.2) is 9.97 Å². The Hall–Kier alpha value is -2.23. The summed E-state index contributed by atoms with van der Waals surface area (Å²) in [5.74, 6) is 0.592. The summed E-state index contributed by atoms with van der Waals surface area (Å²) >= 11 is 3.01. The van der Waals surface area contributed by atoms with Crippen LogP contribution in [0.25, 0.3) is 22.0 Å². The highest BCUT2D eigenvalue weighted by atomic mass is 32.2. The zero-order valence-electron chi connectivity index (χ0n) is 11.1. The van der Waals surface area contributed by atoms with Crippen molar-refractivity contribution in [3.8, 4) is 28.0 Å². The van der Waals surface area contributed by atoms with Crippen LogP contribution in [0.5, 0.6) is 0 Å². The maximum absolute atomic E-state index is 9.44. The fourth-order valence-electron chi connectivity index (χ4n) is 1.90. The van der Waals surface area contributed by atoms with Gasteiger partial charge < -0.3 is 0 Å². The molecule has 0 aromatic carbocycles. The van der Waals surface area contributed by atoms with Gasteiger partial charge in [-0.3, -0.25) is 4.98 Å². The molecule has 3 aromatic rings. The van der Waals surface area contributed by atoms with Gasteiger partial charge in [-0.1, -0.05) is 6.07 Å². The minimum Gasteiger partial charge on any atom is -0.264 e. The standard InChI is InChI=1S/C15H10N4S2/c1-20-15-11(8-16)13(12-5-3-7-21-12)18-14(19-15)10-4-2-6-17-9-10/h2-7,9H,1H3. The van der Waals surface area contributed by atoms with Gasteiger partial charge in [0, 0.05) is 18.0 Å². The van der Waals surface area contributed by atoms with Gasteiger partial charge in [0.05, 0.1) is 4.88 Å². The topological polar surface area (TPSA) is 62.5 Å². The third-order valence-electron chi connectivity index (χ3n) is 2.86. The van der Waals surface area contributed by atoms with E-state index in [1.165, 1.54) is 11.8 Å². The van der Waals surface area contributed by atoms with E-state index in [-0.39, 0.29) is 0 Å². The number of aromatic nitrogens is 3. The summed E-state index contributed by atoms with van der Waals surface area (Å²) in [6, 6.07) is 9.90. The number of nitriles is 1. The van der Waals surface area contributed by atoms with Crippen LogP contribution in [0.15, 0.2) is 47.1 Å². The molecule has 0 aliphatic heterocycles. The van der Waals surface area contributed by atoms with Gasteiger partial charge in [0.2, 0.25) is 0 Å². The summed E-state index contributed by atoms with van der Waals surface area (Å²) in [7, 11) is 0. The minimum atomic E-state index is 0.526. The van der Waals surface area contributed by atoms with Crippen molar-refractivity contribution >= 4 is 23.1 Å². The lowest BCUT2D eigenvalue weighted by Gasteiger charge is -2.08. The predicted molar refractivity (Wildman–Crippen MR) is 85.1 cm³/mol. The zero-order valence-corrected chi connectivity index (χ0v) is 12.8. The first-order valence-electron chi connectivity index (χ1n) is 6.14. The third kappa shape index (κ3) is 2.66. The third-order valence-corrected chi connectivity index (χ3v) is 4.41. The first-order valence-corrected chi connectivity index (χ1v) is 8.24. The maximum Gasteiger partial charge on any atom is 0.162 e. The Morgan fingerprint density at radius 1 is 1.24 bits per heavy atom. The summed E-state index contributed by atoms with van der Waals surface area (Å²) in [4.78, 5) is 14.2. The highest BCUT2D eigenvalue weighted by Crippen LogP contribution is 2.32. The van der Waals surface area contributed by atoms with Gasteiger partial charge in [0.15, 0.2) is 5.82 Å². The van der Waals surface area contributed by atoms with E-state index in [9.17, 15) is 5.26 Å². The molecule has 0 bridgehead atoms. The van der Waals surface area contributed by atoms with Crippen molar-refractivity contribution < 1.29 is 0 Å². The second kappa shape index (κ2) is 6.04. The lowest BCUT2D eigenvalue weighted by molar-refractivity contribution is 1.05. The van der Waals surface area contributed by atoms with Crippen molar-refractivity contribution in [3.63, 3.8) is 0 Å². The summed E-state index contributed by atoms with van der Waals surface area (Å²) in [6.45, 7) is 0. The van der Waals surface area contributed by atoms with Gasteiger partial charge in [0.25, 0.3) is 0 Å². The number of rotatable bonds is 3. The molecule has 102 valence electrons. The van der Waals surface area contributed by atoms with Crippen LogP contribution >= 0.6 is 23.1 Å². The zero-order chi connectivity index (χ0) is 14.7. The molecule has 0 aliphatic carbocycles.